The number of aliphatic hydroxyl groups is 5. The summed E-state index contributed by atoms with van der Waals surface area (Å²) in [4.78, 5) is 118. The number of nitrogens with two attached hydrogens (primary N) is 1. The van der Waals surface area contributed by atoms with Crippen molar-refractivity contribution < 1.29 is 125 Å². The monoisotopic (exact) mass is 1810 g/mol. The lowest BCUT2D eigenvalue weighted by molar-refractivity contribution is -0.334. The zero-order valence-electron chi connectivity index (χ0n) is 68.8. The first kappa shape index (κ1) is 92.4. The maximum Gasteiger partial charge on any atom is 0.330 e. The number of phenols is 3. The summed E-state index contributed by atoms with van der Waals surface area (Å²) in [7, 11) is -4.79. The van der Waals surface area contributed by atoms with Gasteiger partial charge in [-0.1, -0.05) is 128 Å². The molecule has 0 radical (unpaired) electrons. The summed E-state index contributed by atoms with van der Waals surface area (Å²) in [5.74, 6) is -17.3. The number of primary amides is 1. The van der Waals surface area contributed by atoms with Crippen molar-refractivity contribution >= 4 is 92.2 Å². The van der Waals surface area contributed by atoms with Crippen LogP contribution in [0, 0.1) is 32.6 Å². The van der Waals surface area contributed by atoms with E-state index in [1.165, 1.54) is 26.0 Å². The average molecular weight is 1820 g/mol. The molecular formula is C88H93Cl3N8O26S. The number of aryl methyl sites for hydroxylation is 3. The van der Waals surface area contributed by atoms with Crippen LogP contribution in [0.5, 0.6) is 46.0 Å². The normalized spacial score (nSPS) is 26.0. The van der Waals surface area contributed by atoms with Crippen LogP contribution in [0.4, 0.5) is 0 Å². The molecule has 38 heteroatoms. The van der Waals surface area contributed by atoms with E-state index in [4.69, 9.17) is 73.1 Å². The number of carbonyl (C=O) groups excluding carboxylic acids is 7. The van der Waals surface area contributed by atoms with Gasteiger partial charge in [-0.3, -0.25) is 37.7 Å². The highest BCUT2D eigenvalue weighted by molar-refractivity contribution is 7.86. The summed E-state index contributed by atoms with van der Waals surface area (Å²) in [5, 5.41) is 125. The average Bonchev–Trinajstić information content (AvgIpc) is 0.798. The molecule has 668 valence electrons. The van der Waals surface area contributed by atoms with E-state index in [1.807, 2.05) is 50.2 Å². The SMILES string of the molecule is Cc1cc(C)c(S(=O)(=O)OCC2OC(Oc3c4cc5cc3Oc3ccc(cc3Cl)[C@@H](O)[C@@H](NC(=O)[C@@H](C)CC(C)C)C(=O)N[C@@H](CC(N)=O)C(=O)N[C@H]5C(=O)NC3C(=O)N[C@H](C(=O)N[C@@H](C(=O)O)c5cc(O)cc(O)c5-c5cc3ccc5O)[C@H](O)c3ccc(c(Cl)c3)O4)C(OC3CC(C)(NCc4ccc(-c5ccc(Cl)cc5)cc4)C(O)C(C)O3)C(O)C2O)c(C)c1. The quantitative estimate of drug-likeness (QED) is 0.0346. The molecule has 2 fully saturated rings. The van der Waals surface area contributed by atoms with E-state index >= 15 is 24.0 Å². The first-order valence-electron chi connectivity index (χ1n) is 40.0. The fourth-order valence-electron chi connectivity index (χ4n) is 16.2. The van der Waals surface area contributed by atoms with E-state index in [0.29, 0.717) is 10.6 Å². The predicted molar refractivity (Wildman–Crippen MR) is 452 cm³/mol. The Kier molecular flexibility index (Phi) is 27.7. The molecule has 18 atom stereocenters. The summed E-state index contributed by atoms with van der Waals surface area (Å²) in [6.07, 6.45) is -19.9. The Morgan fingerprint density at radius 3 is 1.83 bits per heavy atom. The zero-order chi connectivity index (χ0) is 91.1. The van der Waals surface area contributed by atoms with Crippen molar-refractivity contribution in [2.45, 2.75) is 189 Å². The lowest BCUT2D eigenvalue weighted by Gasteiger charge is -2.48. The van der Waals surface area contributed by atoms with Crippen LogP contribution >= 0.6 is 34.8 Å². The largest absolute Gasteiger partial charge is 0.508 e. The number of aromatic hydroxyl groups is 3. The Hall–Kier alpha value is -11.3. The summed E-state index contributed by atoms with van der Waals surface area (Å²) in [6.45, 7) is 12.4. The molecule has 8 aromatic carbocycles. The Bertz CT molecular complexity index is 5670. The highest BCUT2D eigenvalue weighted by Gasteiger charge is 2.53. The minimum atomic E-state index is -4.79. The maximum absolute atomic E-state index is 16.4. The van der Waals surface area contributed by atoms with Crippen molar-refractivity contribution in [2.24, 2.45) is 17.6 Å². The third kappa shape index (κ3) is 20.1. The van der Waals surface area contributed by atoms with Gasteiger partial charge in [-0.25, -0.2) is 4.79 Å². The summed E-state index contributed by atoms with van der Waals surface area (Å²) in [5.41, 5.74) is 5.32. The van der Waals surface area contributed by atoms with Crippen molar-refractivity contribution in [2.75, 3.05) is 6.61 Å². The number of carboxylic acid groups (broad SMARTS) is 1. The Morgan fingerprint density at radius 2 is 1.23 bits per heavy atom. The first-order chi connectivity index (χ1) is 59.5. The van der Waals surface area contributed by atoms with Gasteiger partial charge in [-0.05, 0) is 164 Å². The molecule has 0 saturated carbocycles. The van der Waals surface area contributed by atoms with E-state index in [-0.39, 0.29) is 58.0 Å². The molecule has 0 aliphatic carbocycles. The molecule has 0 spiro atoms. The molecule has 7 amide bonds. The smallest absolute Gasteiger partial charge is 0.330 e. The van der Waals surface area contributed by atoms with Gasteiger partial charge in [0.15, 0.2) is 29.9 Å². The second kappa shape index (κ2) is 37.7. The number of ether oxygens (including phenoxy) is 6. The first-order valence-corrected chi connectivity index (χ1v) is 42.5. The van der Waals surface area contributed by atoms with Gasteiger partial charge in [0.05, 0.1) is 40.2 Å². The summed E-state index contributed by atoms with van der Waals surface area (Å²) in [6, 6.07) is 18.0. The molecule has 7 aliphatic heterocycles. The van der Waals surface area contributed by atoms with Gasteiger partial charge < -0.3 is 117 Å². The molecular weight excluding hydrogens is 1720 g/mol. The Balaban J connectivity index is 1.01. The topological polar surface area (TPSA) is 528 Å². The van der Waals surface area contributed by atoms with E-state index in [9.17, 15) is 68.8 Å². The highest BCUT2D eigenvalue weighted by atomic mass is 35.5. The summed E-state index contributed by atoms with van der Waals surface area (Å²) >= 11 is 20.6. The predicted octanol–water partition coefficient (Wildman–Crippen LogP) is 7.64. The van der Waals surface area contributed by atoms with Crippen LogP contribution in [0.25, 0.3) is 22.3 Å². The molecule has 7 aliphatic rings. The van der Waals surface area contributed by atoms with Crippen molar-refractivity contribution in [3.05, 3.63) is 205 Å². The molecule has 0 aromatic heterocycles. The van der Waals surface area contributed by atoms with Crippen molar-refractivity contribution in [1.29, 1.82) is 0 Å². The Morgan fingerprint density at radius 1 is 0.643 bits per heavy atom. The number of hydrogen-bond donors (Lipinski definition) is 17. The van der Waals surface area contributed by atoms with E-state index in [1.54, 1.807) is 52.0 Å². The lowest BCUT2D eigenvalue weighted by atomic mass is 9.84. The van der Waals surface area contributed by atoms with Crippen LogP contribution in [0.3, 0.4) is 0 Å². The Labute approximate surface area is 737 Å². The minimum absolute atomic E-state index is 0.0728. The van der Waals surface area contributed by atoms with Crippen molar-refractivity contribution in [3.63, 3.8) is 0 Å². The van der Waals surface area contributed by atoms with Crippen molar-refractivity contribution in [3.8, 4) is 68.2 Å². The second-order valence-corrected chi connectivity index (χ2v) is 35.3. The molecule has 34 nitrogen and oxygen atoms in total. The van der Waals surface area contributed by atoms with Gasteiger partial charge in [0.2, 0.25) is 53.4 Å². The fourth-order valence-corrected chi connectivity index (χ4v) is 18.1. The summed E-state index contributed by atoms with van der Waals surface area (Å²) < 4.78 is 75.0. The standard InChI is InChI=1S/C88H93Cl3N8O26S/c1-37(2)23-41(6)80(109)98-70-72(104)47-16-21-59(54(90)27-47)121-61-29-49-30-62(76(61)125-87-77(75(107)74(106)63(123-87)36-119-126(117,118)78-39(4)24-38(3)25-40(78)5)124-65-34-88(8,79(108)42(7)120-65)93-35-43-9-11-44(12-10-43)45-13-18-50(89)19-14-45)122-60-22-17-48(28-55(60)91)73(105)71-85(114)97-69(86(115)116)53-31-51(100)32-58(102)66(53)52-26-46(15-20-57(52)101)67(82(111)99-71)96-83(112)68(49)95-81(110)56(33-64(92)103)94-84(70)113/h9-22,24-32,37,41-42,56,63,65,67-75,77,79,87,93,100-102,104-108H,23,33-36H2,1-8H3,(H2,92,103)(H,94,113)(H,95,110)(H,96,112)(H,97,114)(H,98,109)(H,99,111)(H,115,116)/t41-,42?,56-,63?,65?,67?,68+,69+,70+,71-,72+,73+,74?,75?,77?,79?,87?,88?/m0/s1. The van der Waals surface area contributed by atoms with E-state index < -0.39 is 258 Å². The number of fused-ring (bicyclic) bond motifs is 15. The number of benzene rings is 8. The number of carboxylic acids is 1. The molecule has 126 heavy (non-hydrogen) atoms. The third-order valence-electron chi connectivity index (χ3n) is 22.5. The number of amides is 7. The molecule has 7 heterocycles. The maximum atomic E-state index is 16.4. The van der Waals surface area contributed by atoms with Gasteiger partial charge in [-0.15, -0.1) is 0 Å². The molecule has 15 rings (SSSR count). The zero-order valence-corrected chi connectivity index (χ0v) is 71.9. The fraction of sp³-hybridized carbons (Fsp3) is 0.364. The molecule has 11 bridgehead atoms. The number of phenolic OH excluding ortho intramolecular Hbond substituents is 3. The molecule has 10 unspecified atom stereocenters. The van der Waals surface area contributed by atoms with Crippen LogP contribution in [0.1, 0.15) is 134 Å². The van der Waals surface area contributed by atoms with Crippen LogP contribution in [0.15, 0.2) is 144 Å². The number of carbonyl (C=O) groups is 8. The number of rotatable bonds is 19. The third-order valence-corrected chi connectivity index (χ3v) is 25.0. The van der Waals surface area contributed by atoms with Crippen LogP contribution in [-0.4, -0.2) is 181 Å². The van der Waals surface area contributed by atoms with Crippen LogP contribution in [0.2, 0.25) is 15.1 Å². The lowest BCUT2D eigenvalue weighted by Crippen LogP contribution is -2.65. The number of aliphatic carboxylic acids is 1. The van der Waals surface area contributed by atoms with Gasteiger partial charge in [-0.2, -0.15) is 8.42 Å². The molecule has 2 saturated heterocycles. The molecule has 18 N–H and O–H groups in total. The van der Waals surface area contributed by atoms with Crippen molar-refractivity contribution in [1.82, 2.24) is 37.2 Å². The second-order valence-electron chi connectivity index (χ2n) is 32.5. The number of hydrogen-bond acceptors (Lipinski definition) is 26. The minimum Gasteiger partial charge on any atom is -0.508 e. The van der Waals surface area contributed by atoms with Gasteiger partial charge in [0.25, 0.3) is 10.1 Å². The number of nitrogens with one attached hydrogen (secondary N) is 7. The van der Waals surface area contributed by atoms with Crippen LogP contribution in [-0.2, 0) is 73.4 Å². The highest BCUT2D eigenvalue weighted by Crippen LogP contribution is 2.50. The molecule has 8 aromatic rings. The van der Waals surface area contributed by atoms with Gasteiger partial charge >= 0.3 is 5.97 Å². The van der Waals surface area contributed by atoms with E-state index in [0.717, 1.165) is 83.4 Å². The van der Waals surface area contributed by atoms with E-state index in [2.05, 4.69) is 37.2 Å². The van der Waals surface area contributed by atoms with Gasteiger partial charge in [0.1, 0.15) is 89.5 Å². The van der Waals surface area contributed by atoms with Gasteiger partial charge in [0, 0.05) is 52.2 Å². The number of aliphatic hydroxyl groups excluding tert-OH is 5. The van der Waals surface area contributed by atoms with Crippen LogP contribution < -0.4 is 57.2 Å². The number of halogens is 3.